The number of aromatic nitrogens is 3. The van der Waals surface area contributed by atoms with Gasteiger partial charge in [-0.1, -0.05) is 0 Å². The minimum atomic E-state index is -3.11. The molecule has 2 amide bonds. The van der Waals surface area contributed by atoms with Crippen molar-refractivity contribution in [2.45, 2.75) is 75.5 Å². The van der Waals surface area contributed by atoms with E-state index >= 15 is 4.39 Å². The number of hydrogen-bond acceptors (Lipinski definition) is 10. The molecule has 2 aromatic rings. The molecule has 0 saturated heterocycles. The highest BCUT2D eigenvalue weighted by atomic mass is 32.2. The molecule has 2 aliphatic rings. The fourth-order valence-electron chi connectivity index (χ4n) is 4.78. The number of nitrogens with zero attached hydrogens (tertiary/aromatic N) is 5. The largest absolute Gasteiger partial charge is 0.480 e. The van der Waals surface area contributed by atoms with Gasteiger partial charge in [-0.25, -0.2) is 32.7 Å². The molecule has 0 aliphatic carbocycles. The summed E-state index contributed by atoms with van der Waals surface area (Å²) in [5, 5.41) is 4.53. The van der Waals surface area contributed by atoms with Gasteiger partial charge in [0.05, 0.1) is 34.5 Å². The summed E-state index contributed by atoms with van der Waals surface area (Å²) in [6.45, 7) is 10.5. The van der Waals surface area contributed by atoms with Crippen molar-refractivity contribution >= 4 is 33.4 Å². The van der Waals surface area contributed by atoms with Crippen molar-refractivity contribution in [2.24, 2.45) is 9.36 Å². The van der Waals surface area contributed by atoms with Crippen LogP contribution in [0.25, 0.3) is 0 Å². The number of aliphatic imine (C=N–C) groups is 1. The Morgan fingerprint density at radius 2 is 1.85 bits per heavy atom. The van der Waals surface area contributed by atoms with Gasteiger partial charge in [0.2, 0.25) is 5.88 Å². The predicted molar refractivity (Wildman–Crippen MR) is 147 cm³/mol. The van der Waals surface area contributed by atoms with Gasteiger partial charge in [0.15, 0.2) is 0 Å². The first kappa shape index (κ1) is 29.3. The Labute approximate surface area is 232 Å². The van der Waals surface area contributed by atoms with Crippen LogP contribution in [0.15, 0.2) is 33.9 Å². The topological polar surface area (TPSA) is 157 Å². The summed E-state index contributed by atoms with van der Waals surface area (Å²) in [7, 11) is -1.68. The molecule has 4 heterocycles. The lowest BCUT2D eigenvalue weighted by atomic mass is 9.89. The molecular weight excluding hydrogens is 541 g/mol. The summed E-state index contributed by atoms with van der Waals surface area (Å²) < 4.78 is 43.9. The molecule has 2 aromatic heterocycles. The second-order valence-corrected chi connectivity index (χ2v) is 14.2. The summed E-state index contributed by atoms with van der Waals surface area (Å²) in [4.78, 5) is 42.7. The molecule has 4 rings (SSSR count). The van der Waals surface area contributed by atoms with Crippen LogP contribution >= 0.6 is 0 Å². The number of alkyl carbamates (subject to hydrolysis) is 1. The van der Waals surface area contributed by atoms with Gasteiger partial charge in [0.25, 0.3) is 5.91 Å². The van der Waals surface area contributed by atoms with Crippen molar-refractivity contribution in [1.82, 2.24) is 20.3 Å². The lowest BCUT2D eigenvalue weighted by Gasteiger charge is -2.48. The minimum absolute atomic E-state index is 0.00456. The Hall–Kier alpha value is -3.68. The molecule has 0 bridgehead atoms. The van der Waals surface area contributed by atoms with Crippen molar-refractivity contribution in [3.63, 3.8) is 0 Å². The summed E-state index contributed by atoms with van der Waals surface area (Å²) in [6, 6.07) is 2.46. The van der Waals surface area contributed by atoms with Crippen LogP contribution in [0, 0.1) is 5.82 Å². The average molecular weight is 576 g/mol. The van der Waals surface area contributed by atoms with E-state index in [0.29, 0.717) is 19.4 Å². The van der Waals surface area contributed by atoms with Gasteiger partial charge in [-0.15, -0.1) is 0 Å². The molecule has 12 nitrogen and oxygen atoms in total. The molecule has 0 radical (unpaired) electrons. The second kappa shape index (κ2) is 10.4. The van der Waals surface area contributed by atoms with E-state index < -0.39 is 48.7 Å². The molecule has 2 N–H and O–H groups in total. The van der Waals surface area contributed by atoms with E-state index in [1.807, 2.05) is 0 Å². The zero-order chi connectivity index (χ0) is 29.5. The SMILES string of the molecule is COc1cnc(C(=O)Nc2ccc(F)c([C@@]3(C)N=C(NC(=O)OC(C)(C)C)C(C)(C)[S@]4(=O)=NCCC[C@H]34)n2)cn1. The molecule has 0 saturated carbocycles. The van der Waals surface area contributed by atoms with Crippen LogP contribution in [-0.2, 0) is 20.0 Å². The standard InChI is InChI=1S/C26H34FN7O5S/c1-24(2,3)39-23(36)33-22-25(4,5)40(37)17(9-8-12-30-40)26(6,34-22)20-15(27)10-11-18(31-20)32-21(35)16-13-29-19(38-7)14-28-16/h10-11,13-14,17H,8-9,12H2,1-7H3,(H,31,32,35)(H,33,34,36)/t17-,26+,40+/m1/s1. The molecule has 40 heavy (non-hydrogen) atoms. The van der Waals surface area contributed by atoms with Crippen LogP contribution in [0.4, 0.5) is 15.0 Å². The molecule has 14 heteroatoms. The maximum Gasteiger partial charge on any atom is 0.413 e. The molecule has 0 spiro atoms. The van der Waals surface area contributed by atoms with E-state index in [4.69, 9.17) is 14.5 Å². The van der Waals surface area contributed by atoms with Crippen LogP contribution in [-0.4, -0.2) is 66.2 Å². The van der Waals surface area contributed by atoms with Crippen LogP contribution in [0.5, 0.6) is 5.88 Å². The van der Waals surface area contributed by atoms with E-state index in [-0.39, 0.29) is 28.9 Å². The Morgan fingerprint density at radius 1 is 1.12 bits per heavy atom. The van der Waals surface area contributed by atoms with Gasteiger partial charge in [-0.3, -0.25) is 15.1 Å². The third-order valence-electron chi connectivity index (χ3n) is 6.82. The third kappa shape index (κ3) is 5.36. The first-order chi connectivity index (χ1) is 18.6. The van der Waals surface area contributed by atoms with Crippen molar-refractivity contribution in [3.8, 4) is 5.88 Å². The molecule has 0 unspecified atom stereocenters. The fraction of sp³-hybridized carbons (Fsp3) is 0.538. The van der Waals surface area contributed by atoms with Crippen molar-refractivity contribution in [3.05, 3.63) is 41.7 Å². The molecule has 0 fully saturated rings. The first-order valence-electron chi connectivity index (χ1n) is 12.8. The third-order valence-corrected chi connectivity index (χ3v) is 10.5. The van der Waals surface area contributed by atoms with Crippen molar-refractivity contribution < 1.29 is 27.7 Å². The highest BCUT2D eigenvalue weighted by Gasteiger charge is 2.57. The maximum atomic E-state index is 15.5. The normalized spacial score (nSPS) is 25.5. The summed E-state index contributed by atoms with van der Waals surface area (Å²) in [5.74, 6) is -1.01. The predicted octanol–water partition coefficient (Wildman–Crippen LogP) is 3.83. The number of methoxy groups -OCH3 is 1. The Morgan fingerprint density at radius 3 is 2.48 bits per heavy atom. The average Bonchev–Trinajstić information content (AvgIpc) is 2.87. The Balaban J connectivity index is 1.78. The zero-order valence-corrected chi connectivity index (χ0v) is 24.4. The van der Waals surface area contributed by atoms with Gasteiger partial charge < -0.3 is 14.8 Å². The van der Waals surface area contributed by atoms with E-state index in [9.17, 15) is 13.8 Å². The summed E-state index contributed by atoms with van der Waals surface area (Å²) >= 11 is 0. The number of anilines is 1. The van der Waals surface area contributed by atoms with Crippen LogP contribution in [0.1, 0.15) is 70.6 Å². The second-order valence-electron chi connectivity index (χ2n) is 11.2. The molecule has 216 valence electrons. The number of halogens is 1. The smallest absolute Gasteiger partial charge is 0.413 e. The monoisotopic (exact) mass is 575 g/mol. The first-order valence-corrected chi connectivity index (χ1v) is 14.3. The zero-order valence-electron chi connectivity index (χ0n) is 23.6. The van der Waals surface area contributed by atoms with E-state index in [1.165, 1.54) is 25.6 Å². The van der Waals surface area contributed by atoms with Crippen LogP contribution in [0.3, 0.4) is 0 Å². The molecule has 3 atom stereocenters. The van der Waals surface area contributed by atoms with E-state index in [2.05, 4.69) is 29.9 Å². The maximum absolute atomic E-state index is 15.5. The van der Waals surface area contributed by atoms with Crippen LogP contribution < -0.4 is 15.4 Å². The lowest BCUT2D eigenvalue weighted by molar-refractivity contribution is 0.0560. The number of rotatable bonds is 4. The highest BCUT2D eigenvalue weighted by Crippen LogP contribution is 2.47. The Kier molecular flexibility index (Phi) is 7.60. The molecular formula is C26H34FN7O5S. The number of carbonyl (C=O) groups is 2. The van der Waals surface area contributed by atoms with Gasteiger partial charge >= 0.3 is 6.09 Å². The number of nitrogens with one attached hydrogen (secondary N) is 2. The number of hydrogen-bond donors (Lipinski definition) is 2. The number of carbonyl (C=O) groups excluding carboxylic acids is 2. The number of pyridine rings is 1. The van der Waals surface area contributed by atoms with Gasteiger partial charge in [0.1, 0.15) is 44.7 Å². The lowest BCUT2D eigenvalue weighted by Crippen LogP contribution is -2.62. The number of amides is 2. The number of amidine groups is 1. The minimum Gasteiger partial charge on any atom is -0.480 e. The van der Waals surface area contributed by atoms with Gasteiger partial charge in [-0.05, 0) is 66.5 Å². The van der Waals surface area contributed by atoms with Gasteiger partial charge in [0, 0.05) is 6.54 Å². The highest BCUT2D eigenvalue weighted by molar-refractivity contribution is 7.96. The van der Waals surface area contributed by atoms with Crippen molar-refractivity contribution in [1.29, 1.82) is 0 Å². The fourth-order valence-corrected chi connectivity index (χ4v) is 8.04. The van der Waals surface area contributed by atoms with Crippen LogP contribution in [0.2, 0.25) is 0 Å². The van der Waals surface area contributed by atoms with E-state index in [0.717, 1.165) is 6.07 Å². The summed E-state index contributed by atoms with van der Waals surface area (Å²) in [5.41, 5.74) is -2.43. The van der Waals surface area contributed by atoms with Gasteiger partial charge in [-0.2, -0.15) is 0 Å². The Bertz CT molecular complexity index is 1480. The number of ether oxygens (including phenoxy) is 2. The van der Waals surface area contributed by atoms with E-state index in [1.54, 1.807) is 41.5 Å². The number of fused-ring (bicyclic) bond motifs is 1. The molecule has 2 aliphatic heterocycles. The van der Waals surface area contributed by atoms with Crippen molar-refractivity contribution in [2.75, 3.05) is 19.0 Å². The summed E-state index contributed by atoms with van der Waals surface area (Å²) in [6.07, 6.45) is 2.83. The quantitative estimate of drug-likeness (QED) is 0.557. The molecule has 0 aromatic carbocycles.